The van der Waals surface area contributed by atoms with Crippen LogP contribution in [0, 0.1) is 17.0 Å². The number of hydrogen-bond donors (Lipinski definition) is 3. The number of aromatic nitrogens is 1. The summed E-state index contributed by atoms with van der Waals surface area (Å²) in [5, 5.41) is 11.1. The molecule has 0 fully saturated rings. The predicted octanol–water partition coefficient (Wildman–Crippen LogP) is 2.17. The monoisotopic (exact) mass is 455 g/mol. The van der Waals surface area contributed by atoms with Crippen LogP contribution < -0.4 is 15.6 Å². The lowest BCUT2D eigenvalue weighted by Gasteiger charge is -2.10. The molecule has 1 aromatic heterocycles. The van der Waals surface area contributed by atoms with E-state index in [1.165, 1.54) is 55.6 Å². The van der Waals surface area contributed by atoms with Crippen molar-refractivity contribution < 1.29 is 22.9 Å². The number of rotatable bonds is 6. The zero-order valence-corrected chi connectivity index (χ0v) is 17.4. The van der Waals surface area contributed by atoms with E-state index in [0.29, 0.717) is 5.56 Å². The van der Waals surface area contributed by atoms with Crippen molar-refractivity contribution in [2.24, 2.45) is 0 Å². The second-order valence-electron chi connectivity index (χ2n) is 6.51. The Bertz CT molecular complexity index is 1280. The van der Waals surface area contributed by atoms with Crippen LogP contribution in [-0.4, -0.2) is 30.1 Å². The number of nitrogens with zero attached hydrogens (tertiary/aromatic N) is 2. The van der Waals surface area contributed by atoms with Gasteiger partial charge in [-0.05, 0) is 49.4 Å². The topological polar surface area (TPSA) is 160 Å². The van der Waals surface area contributed by atoms with E-state index < -0.39 is 26.8 Å². The van der Waals surface area contributed by atoms with Crippen LogP contribution in [0.15, 0.2) is 71.8 Å². The van der Waals surface area contributed by atoms with E-state index in [-0.39, 0.29) is 27.5 Å². The van der Waals surface area contributed by atoms with E-state index in [4.69, 9.17) is 0 Å². The minimum Gasteiger partial charge on any atom is -0.280 e. The maximum absolute atomic E-state index is 12.6. The van der Waals surface area contributed by atoms with Gasteiger partial charge < -0.3 is 0 Å². The number of sulfonamides is 1. The van der Waals surface area contributed by atoms with Crippen molar-refractivity contribution in [3.05, 3.63) is 93.8 Å². The first-order valence-electron chi connectivity index (χ1n) is 9.07. The van der Waals surface area contributed by atoms with Gasteiger partial charge in [0, 0.05) is 29.1 Å². The van der Waals surface area contributed by atoms with Gasteiger partial charge in [0.05, 0.1) is 9.82 Å². The molecule has 0 saturated carbocycles. The number of nitro groups is 1. The third kappa shape index (κ3) is 5.23. The number of benzene rings is 2. The Morgan fingerprint density at radius 3 is 2.28 bits per heavy atom. The van der Waals surface area contributed by atoms with E-state index in [0.717, 1.165) is 6.07 Å². The molecule has 1 heterocycles. The quantitative estimate of drug-likeness (QED) is 0.379. The number of carbonyl (C=O) groups excluding carboxylic acids is 2. The Morgan fingerprint density at radius 2 is 1.66 bits per heavy atom. The van der Waals surface area contributed by atoms with Gasteiger partial charge in [0.25, 0.3) is 27.5 Å². The lowest BCUT2D eigenvalue weighted by molar-refractivity contribution is -0.385. The van der Waals surface area contributed by atoms with Gasteiger partial charge in [-0.2, -0.15) is 0 Å². The highest BCUT2D eigenvalue weighted by Crippen LogP contribution is 2.24. The average molecular weight is 455 g/mol. The molecule has 0 bridgehead atoms. The minimum atomic E-state index is -4.09. The summed E-state index contributed by atoms with van der Waals surface area (Å²) in [6, 6.07) is 13.7. The molecule has 0 radical (unpaired) electrons. The first-order chi connectivity index (χ1) is 15.2. The van der Waals surface area contributed by atoms with Gasteiger partial charge in [0.15, 0.2) is 0 Å². The van der Waals surface area contributed by atoms with E-state index in [2.05, 4.69) is 20.6 Å². The fraction of sp³-hybridized carbons (Fsp3) is 0.0500. The molecule has 0 atom stereocenters. The molecule has 2 amide bonds. The van der Waals surface area contributed by atoms with Crippen LogP contribution in [0.25, 0.3) is 0 Å². The Labute approximate surface area is 182 Å². The molecule has 0 unspecified atom stereocenters. The fourth-order valence-electron chi connectivity index (χ4n) is 2.60. The highest BCUT2D eigenvalue weighted by Gasteiger charge is 2.20. The van der Waals surface area contributed by atoms with Crippen molar-refractivity contribution in [2.45, 2.75) is 11.8 Å². The van der Waals surface area contributed by atoms with Crippen molar-refractivity contribution in [1.82, 2.24) is 15.8 Å². The maximum atomic E-state index is 12.6. The second kappa shape index (κ2) is 9.22. The van der Waals surface area contributed by atoms with Gasteiger partial charge in [-0.25, -0.2) is 8.42 Å². The number of carbonyl (C=O) groups is 2. The van der Waals surface area contributed by atoms with Gasteiger partial charge in [-0.15, -0.1) is 0 Å². The van der Waals surface area contributed by atoms with Crippen LogP contribution in [0.4, 0.5) is 11.4 Å². The molecule has 11 nitrogen and oxygen atoms in total. The Hall–Kier alpha value is -4.32. The van der Waals surface area contributed by atoms with E-state index in [1.807, 2.05) is 0 Å². The fourth-order valence-corrected chi connectivity index (χ4v) is 3.68. The second-order valence-corrected chi connectivity index (χ2v) is 8.19. The number of nitrogens with one attached hydrogen (secondary N) is 3. The molecule has 2 aromatic carbocycles. The third-order valence-corrected chi connectivity index (χ3v) is 5.65. The summed E-state index contributed by atoms with van der Waals surface area (Å²) >= 11 is 0. The summed E-state index contributed by atoms with van der Waals surface area (Å²) in [4.78, 5) is 38.1. The van der Waals surface area contributed by atoms with Crippen molar-refractivity contribution in [2.75, 3.05) is 4.72 Å². The SMILES string of the molecule is Cc1ccc(S(=O)(=O)Nc2ccc(C(=O)NNC(=O)c3ccccn3)cc2)cc1[N+](=O)[O-]. The van der Waals surface area contributed by atoms with E-state index in [9.17, 15) is 28.1 Å². The summed E-state index contributed by atoms with van der Waals surface area (Å²) in [5.41, 5.74) is 4.89. The van der Waals surface area contributed by atoms with E-state index in [1.54, 1.807) is 12.1 Å². The number of hydrazine groups is 1. The molecule has 0 saturated heterocycles. The predicted molar refractivity (Wildman–Crippen MR) is 114 cm³/mol. The Kier molecular flexibility index (Phi) is 6.45. The van der Waals surface area contributed by atoms with Crippen LogP contribution in [0.1, 0.15) is 26.4 Å². The Morgan fingerprint density at radius 1 is 0.969 bits per heavy atom. The molecule has 3 rings (SSSR count). The van der Waals surface area contributed by atoms with Gasteiger partial charge in [0.2, 0.25) is 0 Å². The van der Waals surface area contributed by atoms with Crippen LogP contribution >= 0.6 is 0 Å². The normalized spacial score (nSPS) is 10.8. The number of amides is 2. The lowest BCUT2D eigenvalue weighted by atomic mass is 10.2. The number of aryl methyl sites for hydroxylation is 1. The Balaban J connectivity index is 1.66. The summed E-state index contributed by atoms with van der Waals surface area (Å²) in [6.07, 6.45) is 1.44. The summed E-state index contributed by atoms with van der Waals surface area (Å²) < 4.78 is 27.4. The molecular formula is C20H17N5O6S. The standard InChI is InChI=1S/C20H17N5O6S/c1-13-5-10-16(12-18(13)25(28)29)32(30,31)24-15-8-6-14(7-9-15)19(26)22-23-20(27)17-4-2-3-11-21-17/h2-12,24H,1H3,(H,22,26)(H,23,27). The molecule has 0 aliphatic heterocycles. The molecule has 12 heteroatoms. The van der Waals surface area contributed by atoms with Gasteiger partial charge >= 0.3 is 0 Å². The van der Waals surface area contributed by atoms with Crippen molar-refractivity contribution in [3.63, 3.8) is 0 Å². The van der Waals surface area contributed by atoms with Crippen LogP contribution in [0.2, 0.25) is 0 Å². The molecule has 3 aromatic rings. The smallest absolute Gasteiger partial charge is 0.280 e. The van der Waals surface area contributed by atoms with Crippen LogP contribution in [0.3, 0.4) is 0 Å². The summed E-state index contributed by atoms with van der Waals surface area (Å²) in [7, 11) is -4.09. The number of hydrogen-bond acceptors (Lipinski definition) is 7. The highest BCUT2D eigenvalue weighted by atomic mass is 32.2. The third-order valence-electron chi connectivity index (χ3n) is 4.27. The van der Waals surface area contributed by atoms with Crippen molar-refractivity contribution in [3.8, 4) is 0 Å². The summed E-state index contributed by atoms with van der Waals surface area (Å²) in [6.45, 7) is 1.50. The molecule has 0 spiro atoms. The van der Waals surface area contributed by atoms with Crippen LogP contribution in [0.5, 0.6) is 0 Å². The first kappa shape index (κ1) is 22.4. The average Bonchev–Trinajstić information content (AvgIpc) is 2.78. The van der Waals surface area contributed by atoms with E-state index >= 15 is 0 Å². The van der Waals surface area contributed by atoms with Gasteiger partial charge in [0.1, 0.15) is 5.69 Å². The van der Waals surface area contributed by atoms with Crippen molar-refractivity contribution >= 4 is 33.2 Å². The zero-order valence-electron chi connectivity index (χ0n) is 16.6. The minimum absolute atomic E-state index is 0.119. The zero-order chi connectivity index (χ0) is 23.3. The number of anilines is 1. The maximum Gasteiger partial charge on any atom is 0.288 e. The molecule has 3 N–H and O–H groups in total. The molecule has 164 valence electrons. The molecular weight excluding hydrogens is 438 g/mol. The number of pyridine rings is 1. The molecule has 0 aliphatic rings. The van der Waals surface area contributed by atoms with Crippen molar-refractivity contribution in [1.29, 1.82) is 0 Å². The molecule has 0 aliphatic carbocycles. The summed E-state index contributed by atoms with van der Waals surface area (Å²) in [5.74, 6) is -1.23. The van der Waals surface area contributed by atoms with Gasteiger partial charge in [-0.3, -0.25) is 40.3 Å². The first-order valence-corrected chi connectivity index (χ1v) is 10.6. The van der Waals surface area contributed by atoms with Crippen LogP contribution in [-0.2, 0) is 10.0 Å². The molecule has 32 heavy (non-hydrogen) atoms. The number of nitro benzene ring substituents is 1. The largest absolute Gasteiger partial charge is 0.288 e. The van der Waals surface area contributed by atoms with Gasteiger partial charge in [-0.1, -0.05) is 12.1 Å². The lowest BCUT2D eigenvalue weighted by Crippen LogP contribution is -2.41. The highest BCUT2D eigenvalue weighted by molar-refractivity contribution is 7.92.